The number of alkyl halides is 1. The molecule has 5 heteroatoms. The fourth-order valence-corrected chi connectivity index (χ4v) is 4.17. The van der Waals surface area contributed by atoms with Gasteiger partial charge < -0.3 is 5.11 Å². The molecule has 1 aromatic heterocycles. The Morgan fingerprint density at radius 3 is 2.71 bits per heavy atom. The summed E-state index contributed by atoms with van der Waals surface area (Å²) < 4.78 is 0. The Morgan fingerprint density at radius 2 is 2.12 bits per heavy atom. The summed E-state index contributed by atoms with van der Waals surface area (Å²) in [5, 5.41) is 13.0. The number of aliphatic hydroxyl groups is 1. The maximum Gasteiger partial charge on any atom is 0.107 e. The zero-order valence-electron chi connectivity index (χ0n) is 9.68. The molecule has 3 rings (SSSR count). The lowest BCUT2D eigenvalue weighted by Crippen LogP contribution is -2.44. The van der Waals surface area contributed by atoms with Crippen molar-refractivity contribution >= 4 is 22.9 Å². The van der Waals surface area contributed by atoms with E-state index in [4.69, 9.17) is 11.6 Å². The molecule has 0 spiro atoms. The molecule has 2 atom stereocenters. The summed E-state index contributed by atoms with van der Waals surface area (Å²) in [7, 11) is 0. The van der Waals surface area contributed by atoms with E-state index in [-0.39, 0.29) is 6.10 Å². The predicted octanol–water partition coefficient (Wildman–Crippen LogP) is 2.37. The van der Waals surface area contributed by atoms with Gasteiger partial charge in [-0.15, -0.1) is 22.9 Å². The van der Waals surface area contributed by atoms with Crippen molar-refractivity contribution < 1.29 is 5.11 Å². The van der Waals surface area contributed by atoms with Crippen LogP contribution in [-0.4, -0.2) is 33.2 Å². The minimum Gasteiger partial charge on any atom is -0.393 e. The highest BCUT2D eigenvalue weighted by atomic mass is 35.5. The number of aromatic nitrogens is 1. The molecule has 94 valence electrons. The van der Waals surface area contributed by atoms with Crippen molar-refractivity contribution in [3.63, 3.8) is 0 Å². The third kappa shape index (κ3) is 2.36. The number of piperidine rings is 1. The van der Waals surface area contributed by atoms with Crippen LogP contribution in [0.5, 0.6) is 0 Å². The molecule has 2 fully saturated rings. The third-order valence-corrected chi connectivity index (χ3v) is 5.07. The van der Waals surface area contributed by atoms with Crippen LogP contribution in [0, 0.1) is 0 Å². The Hall–Kier alpha value is -0.160. The van der Waals surface area contributed by atoms with Crippen molar-refractivity contribution in [2.45, 2.75) is 56.3 Å². The Labute approximate surface area is 110 Å². The second-order valence-electron chi connectivity index (χ2n) is 5.05. The molecule has 0 saturated carbocycles. The van der Waals surface area contributed by atoms with Gasteiger partial charge in [0.05, 0.1) is 24.2 Å². The molecule has 17 heavy (non-hydrogen) atoms. The van der Waals surface area contributed by atoms with Gasteiger partial charge in [0.1, 0.15) is 5.01 Å². The van der Waals surface area contributed by atoms with Gasteiger partial charge in [-0.05, 0) is 25.7 Å². The fraction of sp³-hybridized carbons (Fsp3) is 0.750. The van der Waals surface area contributed by atoms with Gasteiger partial charge in [-0.25, -0.2) is 4.98 Å². The lowest BCUT2D eigenvalue weighted by atomic mass is 10.0. The van der Waals surface area contributed by atoms with E-state index in [1.807, 2.05) is 5.38 Å². The molecule has 0 aromatic carbocycles. The zero-order valence-corrected chi connectivity index (χ0v) is 11.3. The summed E-state index contributed by atoms with van der Waals surface area (Å²) in [5.41, 5.74) is 0.982. The van der Waals surface area contributed by atoms with E-state index in [2.05, 4.69) is 9.88 Å². The summed E-state index contributed by atoms with van der Waals surface area (Å²) in [6, 6.07) is 1.12. The molecule has 2 unspecified atom stereocenters. The van der Waals surface area contributed by atoms with Crippen molar-refractivity contribution in [1.29, 1.82) is 0 Å². The van der Waals surface area contributed by atoms with Crippen LogP contribution in [0.1, 0.15) is 36.4 Å². The Morgan fingerprint density at radius 1 is 1.41 bits per heavy atom. The van der Waals surface area contributed by atoms with Gasteiger partial charge in [-0.3, -0.25) is 4.90 Å². The minimum absolute atomic E-state index is 0.0848. The molecule has 2 bridgehead atoms. The van der Waals surface area contributed by atoms with Gasteiger partial charge >= 0.3 is 0 Å². The zero-order chi connectivity index (χ0) is 11.8. The van der Waals surface area contributed by atoms with Crippen LogP contribution in [0.2, 0.25) is 0 Å². The van der Waals surface area contributed by atoms with Crippen molar-refractivity contribution in [1.82, 2.24) is 9.88 Å². The normalized spacial score (nSPS) is 33.2. The van der Waals surface area contributed by atoms with E-state index in [0.29, 0.717) is 18.0 Å². The van der Waals surface area contributed by atoms with Gasteiger partial charge in [-0.2, -0.15) is 0 Å². The smallest absolute Gasteiger partial charge is 0.107 e. The van der Waals surface area contributed by atoms with Crippen LogP contribution in [0.3, 0.4) is 0 Å². The molecule has 0 aliphatic carbocycles. The van der Waals surface area contributed by atoms with E-state index in [9.17, 15) is 5.11 Å². The van der Waals surface area contributed by atoms with Crippen LogP contribution >= 0.6 is 22.9 Å². The number of fused-ring (bicyclic) bond motifs is 2. The van der Waals surface area contributed by atoms with Crippen molar-refractivity contribution in [2.24, 2.45) is 0 Å². The first-order valence-electron chi connectivity index (χ1n) is 6.19. The average Bonchev–Trinajstić information content (AvgIpc) is 2.85. The van der Waals surface area contributed by atoms with E-state index in [0.717, 1.165) is 30.1 Å². The van der Waals surface area contributed by atoms with Crippen LogP contribution in [0.25, 0.3) is 0 Å². The molecule has 3 heterocycles. The minimum atomic E-state index is -0.0848. The molecule has 2 saturated heterocycles. The monoisotopic (exact) mass is 272 g/mol. The molecule has 3 nitrogen and oxygen atoms in total. The molecule has 0 radical (unpaired) electrons. The van der Waals surface area contributed by atoms with E-state index < -0.39 is 0 Å². The number of hydrogen-bond donors (Lipinski definition) is 1. The van der Waals surface area contributed by atoms with Crippen LogP contribution in [0.4, 0.5) is 0 Å². The van der Waals surface area contributed by atoms with Crippen molar-refractivity contribution in [2.75, 3.05) is 0 Å². The van der Waals surface area contributed by atoms with Crippen LogP contribution in [-0.2, 0) is 12.4 Å². The standard InChI is InChI=1S/C12H17ClN2OS/c13-5-8-7-17-12(14-8)6-15-9-1-2-10(15)4-11(16)3-9/h7,9-11,16H,1-6H2. The number of thiazole rings is 1. The number of nitrogens with zero attached hydrogens (tertiary/aromatic N) is 2. The van der Waals surface area contributed by atoms with Crippen LogP contribution < -0.4 is 0 Å². The molecule has 2 aliphatic heterocycles. The summed E-state index contributed by atoms with van der Waals surface area (Å²) in [6.07, 6.45) is 4.25. The highest BCUT2D eigenvalue weighted by molar-refractivity contribution is 7.09. The van der Waals surface area contributed by atoms with E-state index in [1.165, 1.54) is 12.8 Å². The van der Waals surface area contributed by atoms with Gasteiger partial charge in [-0.1, -0.05) is 0 Å². The van der Waals surface area contributed by atoms with Gasteiger partial charge in [0, 0.05) is 17.5 Å². The number of halogens is 1. The largest absolute Gasteiger partial charge is 0.393 e. The average molecular weight is 273 g/mol. The molecule has 1 N–H and O–H groups in total. The van der Waals surface area contributed by atoms with Crippen molar-refractivity contribution in [3.05, 3.63) is 16.1 Å². The number of aliphatic hydroxyl groups excluding tert-OH is 1. The second kappa shape index (κ2) is 4.84. The van der Waals surface area contributed by atoms with Crippen molar-refractivity contribution in [3.8, 4) is 0 Å². The lowest BCUT2D eigenvalue weighted by Gasteiger charge is -2.36. The number of rotatable bonds is 3. The maximum atomic E-state index is 9.76. The summed E-state index contributed by atoms with van der Waals surface area (Å²) >= 11 is 7.47. The molecule has 2 aliphatic rings. The predicted molar refractivity (Wildman–Crippen MR) is 69.3 cm³/mol. The van der Waals surface area contributed by atoms with Gasteiger partial charge in [0.25, 0.3) is 0 Å². The first-order valence-corrected chi connectivity index (χ1v) is 7.60. The summed E-state index contributed by atoms with van der Waals surface area (Å²) in [5.74, 6) is 0.502. The van der Waals surface area contributed by atoms with E-state index >= 15 is 0 Å². The Kier molecular flexibility index (Phi) is 3.39. The quantitative estimate of drug-likeness (QED) is 0.859. The Balaban J connectivity index is 1.69. The van der Waals surface area contributed by atoms with E-state index in [1.54, 1.807) is 11.3 Å². The number of hydrogen-bond acceptors (Lipinski definition) is 4. The SMILES string of the molecule is OC1CC2CCC(C1)N2Cc1nc(CCl)cs1. The first kappa shape index (κ1) is 11.9. The van der Waals surface area contributed by atoms with Gasteiger partial charge in [0.15, 0.2) is 0 Å². The lowest BCUT2D eigenvalue weighted by molar-refractivity contribution is 0.0310. The first-order chi connectivity index (χ1) is 8.26. The second-order valence-corrected chi connectivity index (χ2v) is 6.26. The maximum absolute atomic E-state index is 9.76. The highest BCUT2D eigenvalue weighted by Crippen LogP contribution is 2.37. The molecule has 0 amide bonds. The summed E-state index contributed by atoms with van der Waals surface area (Å²) in [4.78, 5) is 7.05. The van der Waals surface area contributed by atoms with Crippen LogP contribution in [0.15, 0.2) is 5.38 Å². The highest BCUT2D eigenvalue weighted by Gasteiger charge is 2.40. The Bertz CT molecular complexity index is 384. The fourth-order valence-electron chi connectivity index (χ4n) is 3.14. The molecular formula is C12H17ClN2OS. The molecular weight excluding hydrogens is 256 g/mol. The molecule has 1 aromatic rings. The van der Waals surface area contributed by atoms with Gasteiger partial charge in [0.2, 0.25) is 0 Å². The third-order valence-electron chi connectivity index (χ3n) is 3.91. The summed E-state index contributed by atoms with van der Waals surface area (Å²) in [6.45, 7) is 0.934. The topological polar surface area (TPSA) is 36.4 Å².